The van der Waals surface area contributed by atoms with Crippen LogP contribution in [0.1, 0.15) is 36.6 Å². The van der Waals surface area contributed by atoms with Gasteiger partial charge in [0.2, 0.25) is 5.91 Å². The number of benzene rings is 1. The van der Waals surface area contributed by atoms with E-state index in [4.69, 9.17) is 19.2 Å². The number of hydrogen-bond acceptors (Lipinski definition) is 7. The van der Waals surface area contributed by atoms with Crippen molar-refractivity contribution in [1.82, 2.24) is 4.98 Å². The highest BCUT2D eigenvalue weighted by molar-refractivity contribution is 7.16. The number of methoxy groups -OCH3 is 1. The van der Waals surface area contributed by atoms with Crippen molar-refractivity contribution >= 4 is 28.2 Å². The Morgan fingerprint density at radius 2 is 2.11 bits per heavy atom. The molecule has 28 heavy (non-hydrogen) atoms. The number of nitrogens with zero attached hydrogens (tertiary/aromatic N) is 2. The van der Waals surface area contributed by atoms with Crippen LogP contribution < -0.4 is 19.7 Å². The number of anilines is 2. The second-order valence-corrected chi connectivity index (χ2v) is 8.17. The second-order valence-electron chi connectivity index (χ2n) is 7.16. The maximum absolute atomic E-state index is 12.4. The number of carbonyl (C=O) groups is 1. The average molecular weight is 404 g/mol. The van der Waals surface area contributed by atoms with E-state index in [0.29, 0.717) is 37.0 Å². The van der Waals surface area contributed by atoms with Gasteiger partial charge in [-0.25, -0.2) is 4.98 Å². The van der Waals surface area contributed by atoms with Crippen molar-refractivity contribution in [2.45, 2.75) is 32.3 Å². The van der Waals surface area contributed by atoms with Crippen LogP contribution in [0.2, 0.25) is 0 Å². The summed E-state index contributed by atoms with van der Waals surface area (Å²) in [6, 6.07) is 5.84. The fraction of sp³-hybridized carbons (Fsp3) is 0.500. The predicted molar refractivity (Wildman–Crippen MR) is 109 cm³/mol. The largest absolute Gasteiger partial charge is 0.493 e. The topological polar surface area (TPSA) is 72.9 Å². The van der Waals surface area contributed by atoms with E-state index in [2.05, 4.69) is 10.2 Å². The molecule has 150 valence electrons. The Hall–Kier alpha value is -2.32. The molecule has 0 radical (unpaired) electrons. The molecule has 4 rings (SSSR count). The number of fused-ring (bicyclic) bond motifs is 1. The smallest absolute Gasteiger partial charge is 0.226 e. The third-order valence-electron chi connectivity index (χ3n) is 4.85. The van der Waals surface area contributed by atoms with Crippen LogP contribution in [0.4, 0.5) is 10.9 Å². The summed E-state index contributed by atoms with van der Waals surface area (Å²) in [5.74, 6) is 1.89. The van der Waals surface area contributed by atoms with Gasteiger partial charge in [0.1, 0.15) is 5.82 Å². The molecule has 2 aliphatic heterocycles. The molecule has 1 aromatic heterocycles. The van der Waals surface area contributed by atoms with E-state index in [0.717, 1.165) is 28.7 Å². The van der Waals surface area contributed by atoms with Crippen LogP contribution in [0.25, 0.3) is 0 Å². The molecule has 3 heterocycles. The van der Waals surface area contributed by atoms with Crippen LogP contribution in [0.3, 0.4) is 0 Å². The normalized spacial score (nSPS) is 19.4. The fourth-order valence-electron chi connectivity index (χ4n) is 3.58. The minimum atomic E-state index is -0.111. The van der Waals surface area contributed by atoms with Crippen LogP contribution >= 0.6 is 11.3 Å². The van der Waals surface area contributed by atoms with E-state index < -0.39 is 0 Å². The number of ether oxygens (including phenoxy) is 3. The van der Waals surface area contributed by atoms with E-state index >= 15 is 0 Å². The Morgan fingerprint density at radius 3 is 2.82 bits per heavy atom. The molecule has 1 unspecified atom stereocenters. The van der Waals surface area contributed by atoms with E-state index in [1.165, 1.54) is 0 Å². The van der Waals surface area contributed by atoms with Crippen LogP contribution in [-0.2, 0) is 9.53 Å². The molecule has 7 nitrogen and oxygen atoms in total. The van der Waals surface area contributed by atoms with Crippen LogP contribution in [0.15, 0.2) is 18.2 Å². The van der Waals surface area contributed by atoms with Gasteiger partial charge in [0, 0.05) is 31.0 Å². The minimum absolute atomic E-state index is 0.00249. The summed E-state index contributed by atoms with van der Waals surface area (Å²) in [7, 11) is 1.63. The molecule has 0 aliphatic carbocycles. The van der Waals surface area contributed by atoms with Crippen molar-refractivity contribution in [3.05, 3.63) is 28.6 Å². The number of amides is 1. The summed E-state index contributed by atoms with van der Waals surface area (Å²) in [6.07, 6.45) is 0.358. The van der Waals surface area contributed by atoms with Gasteiger partial charge in [-0.05, 0) is 19.9 Å². The first-order chi connectivity index (χ1) is 13.6. The first kappa shape index (κ1) is 19.0. The van der Waals surface area contributed by atoms with E-state index in [9.17, 15) is 4.79 Å². The summed E-state index contributed by atoms with van der Waals surface area (Å²) in [4.78, 5) is 20.4. The van der Waals surface area contributed by atoms with E-state index in [1.54, 1.807) is 18.4 Å². The lowest BCUT2D eigenvalue weighted by molar-refractivity contribution is -0.116. The van der Waals surface area contributed by atoms with Gasteiger partial charge >= 0.3 is 0 Å². The number of carbonyl (C=O) groups excluding carboxylic acids is 1. The molecule has 0 spiro atoms. The highest BCUT2D eigenvalue weighted by Gasteiger charge is 2.34. The Labute approximate surface area is 168 Å². The number of para-hydroxylation sites is 1. The van der Waals surface area contributed by atoms with Crippen molar-refractivity contribution in [2.24, 2.45) is 0 Å². The third kappa shape index (κ3) is 3.66. The number of thiazole rings is 1. The Kier molecular flexibility index (Phi) is 5.41. The van der Waals surface area contributed by atoms with Crippen LogP contribution in [-0.4, -0.2) is 50.4 Å². The monoisotopic (exact) mass is 403 g/mol. The molecule has 1 amide bonds. The summed E-state index contributed by atoms with van der Waals surface area (Å²) in [5, 5.41) is 3.86. The van der Waals surface area contributed by atoms with Crippen molar-refractivity contribution in [3.8, 4) is 11.5 Å². The van der Waals surface area contributed by atoms with Gasteiger partial charge in [0.25, 0.3) is 0 Å². The molecular weight excluding hydrogens is 378 g/mol. The number of hydrogen-bond donors (Lipinski definition) is 1. The van der Waals surface area contributed by atoms with Gasteiger partial charge in [0.15, 0.2) is 16.6 Å². The molecule has 1 saturated heterocycles. The SMILES string of the molecule is COc1cccc(C2CC(=O)Nc3nc(N4CCOCC4)sc32)c1OC(C)C. The minimum Gasteiger partial charge on any atom is -0.493 e. The van der Waals surface area contributed by atoms with Gasteiger partial charge in [-0.1, -0.05) is 23.5 Å². The Bertz CT molecular complexity index is 861. The standard InChI is InChI=1S/C20H25N3O4S/c1-12(2)27-17-13(5-4-6-15(17)25-3)14-11-16(24)21-19-18(14)28-20(22-19)23-7-9-26-10-8-23/h4-6,12,14H,7-11H2,1-3H3,(H,21,24). The molecule has 8 heteroatoms. The lowest BCUT2D eigenvalue weighted by atomic mass is 9.90. The number of rotatable bonds is 5. The highest BCUT2D eigenvalue weighted by Crippen LogP contribution is 2.47. The van der Waals surface area contributed by atoms with E-state index in [-0.39, 0.29) is 17.9 Å². The van der Waals surface area contributed by atoms with Gasteiger partial charge in [0.05, 0.1) is 31.3 Å². The van der Waals surface area contributed by atoms with Crippen LogP contribution in [0.5, 0.6) is 11.5 Å². The first-order valence-electron chi connectivity index (χ1n) is 9.53. The Morgan fingerprint density at radius 1 is 1.32 bits per heavy atom. The fourth-order valence-corrected chi connectivity index (χ4v) is 4.77. The molecule has 0 saturated carbocycles. The van der Waals surface area contributed by atoms with Crippen molar-refractivity contribution in [2.75, 3.05) is 43.6 Å². The first-order valence-corrected chi connectivity index (χ1v) is 10.3. The maximum Gasteiger partial charge on any atom is 0.226 e. The quantitative estimate of drug-likeness (QED) is 0.826. The second kappa shape index (κ2) is 7.97. The predicted octanol–water partition coefficient (Wildman–Crippen LogP) is 3.25. The molecule has 1 aromatic carbocycles. The van der Waals surface area contributed by atoms with Gasteiger partial charge < -0.3 is 24.4 Å². The molecule has 2 aliphatic rings. The average Bonchev–Trinajstić information content (AvgIpc) is 3.12. The van der Waals surface area contributed by atoms with Gasteiger partial charge in [-0.2, -0.15) is 0 Å². The molecule has 0 bridgehead atoms. The lowest BCUT2D eigenvalue weighted by Crippen LogP contribution is -2.36. The highest BCUT2D eigenvalue weighted by atomic mass is 32.1. The molecule has 2 aromatic rings. The van der Waals surface area contributed by atoms with E-state index in [1.807, 2.05) is 32.0 Å². The zero-order chi connectivity index (χ0) is 19.7. The van der Waals surface area contributed by atoms with Crippen molar-refractivity contribution < 1.29 is 19.0 Å². The number of morpholine rings is 1. The summed E-state index contributed by atoms with van der Waals surface area (Å²) < 4.78 is 17.1. The molecule has 1 N–H and O–H groups in total. The summed E-state index contributed by atoms with van der Waals surface area (Å²) in [5.41, 5.74) is 0.960. The van der Waals surface area contributed by atoms with Crippen molar-refractivity contribution in [1.29, 1.82) is 0 Å². The van der Waals surface area contributed by atoms with Crippen LogP contribution in [0, 0.1) is 0 Å². The van der Waals surface area contributed by atoms with Crippen molar-refractivity contribution in [3.63, 3.8) is 0 Å². The number of aromatic nitrogens is 1. The molecule has 1 atom stereocenters. The molecule has 1 fully saturated rings. The molecular formula is C20H25N3O4S. The summed E-state index contributed by atoms with van der Waals surface area (Å²) in [6.45, 7) is 6.99. The van der Waals surface area contributed by atoms with Gasteiger partial charge in [-0.15, -0.1) is 0 Å². The third-order valence-corrected chi connectivity index (χ3v) is 6.08. The zero-order valence-corrected chi connectivity index (χ0v) is 17.2. The summed E-state index contributed by atoms with van der Waals surface area (Å²) >= 11 is 1.64. The maximum atomic E-state index is 12.4. The number of nitrogens with one attached hydrogen (secondary N) is 1. The lowest BCUT2D eigenvalue weighted by Gasteiger charge is -2.26. The zero-order valence-electron chi connectivity index (χ0n) is 16.4. The van der Waals surface area contributed by atoms with Gasteiger partial charge in [-0.3, -0.25) is 4.79 Å². The Balaban J connectivity index is 1.76.